The third-order valence-corrected chi connectivity index (χ3v) is 12.6. The highest BCUT2D eigenvalue weighted by atomic mass is 31.2. The van der Waals surface area contributed by atoms with E-state index in [1.807, 2.05) is 0 Å². The summed E-state index contributed by atoms with van der Waals surface area (Å²) in [4.78, 5) is 46.1. The van der Waals surface area contributed by atoms with Crippen molar-refractivity contribution >= 4 is 25.7 Å². The summed E-state index contributed by atoms with van der Waals surface area (Å²) >= 11 is 0. The number of ether oxygens (including phenoxy) is 1. The number of hydrogen-bond donors (Lipinski definition) is 4. The summed E-state index contributed by atoms with van der Waals surface area (Å²) < 4.78 is 27.0. The molecule has 0 fully saturated rings. The normalized spacial score (nSPS) is 13.8. The number of carboxylic acid groups (broad SMARTS) is 1. The maximum atomic E-state index is 12.4. The number of aliphatic hydroxyl groups is 1. The van der Waals surface area contributed by atoms with Crippen LogP contribution in [0.15, 0.2) is 36.5 Å². The first-order valence-corrected chi connectivity index (χ1v) is 28.0. The summed E-state index contributed by atoms with van der Waals surface area (Å²) in [5.74, 6) is -2.37. The minimum absolute atomic E-state index is 0.149. The van der Waals surface area contributed by atoms with Crippen molar-refractivity contribution in [2.75, 3.05) is 19.8 Å². The van der Waals surface area contributed by atoms with E-state index >= 15 is 0 Å². The molecule has 3 unspecified atom stereocenters. The molecule has 0 saturated carbocycles. The van der Waals surface area contributed by atoms with Gasteiger partial charge in [-0.3, -0.25) is 18.6 Å². The molecule has 0 aliphatic rings. The monoisotopic (exact) mass is 940 g/mol. The molecule has 11 nitrogen and oxygen atoms in total. The van der Waals surface area contributed by atoms with Crippen molar-refractivity contribution in [2.45, 2.75) is 264 Å². The molecule has 3 atom stereocenters. The molecule has 12 heteroatoms. The standard InChI is InChI=1S/C53H98NO10P/c1-3-5-7-9-11-13-15-17-19-21-22-23-24-25-26-27-29-30-32-34-36-38-40-42-44-51(56)54-50(53(58)59)48-64-65(60,61)63-47-49(55)46-62-52(57)45-43-41-39-37-35-33-31-28-20-18-16-14-12-10-8-6-4-2/h6,8,12,14,18,20,49-50,55H,3-5,7,9-11,13,15-17,19,21-48H2,1-2H3,(H,54,56)(H,58,59)(H,60,61)/b8-6-,14-12-,20-18-. The lowest BCUT2D eigenvalue weighted by Crippen LogP contribution is -2.43. The first-order valence-electron chi connectivity index (χ1n) is 26.5. The maximum absolute atomic E-state index is 12.4. The molecule has 0 aliphatic heterocycles. The molecule has 0 spiro atoms. The minimum Gasteiger partial charge on any atom is -0.480 e. The number of rotatable bonds is 50. The third kappa shape index (κ3) is 48.0. The highest BCUT2D eigenvalue weighted by Gasteiger charge is 2.28. The first-order chi connectivity index (χ1) is 31.6. The molecule has 0 rings (SSSR count). The van der Waals surface area contributed by atoms with E-state index in [1.165, 1.54) is 141 Å². The zero-order valence-corrected chi connectivity index (χ0v) is 42.4. The molecule has 0 radical (unpaired) electrons. The van der Waals surface area contributed by atoms with Crippen LogP contribution in [0.4, 0.5) is 0 Å². The zero-order valence-electron chi connectivity index (χ0n) is 41.5. The molecule has 65 heavy (non-hydrogen) atoms. The Labute approximate surface area is 397 Å². The molecule has 0 aromatic carbocycles. The summed E-state index contributed by atoms with van der Waals surface area (Å²) in [6, 6.07) is -1.55. The van der Waals surface area contributed by atoms with E-state index in [2.05, 4.69) is 55.6 Å². The highest BCUT2D eigenvalue weighted by molar-refractivity contribution is 7.47. The average Bonchev–Trinajstić information content (AvgIpc) is 3.28. The van der Waals surface area contributed by atoms with Crippen LogP contribution in [0, 0.1) is 0 Å². The molecule has 0 saturated heterocycles. The Morgan fingerprint density at radius 2 is 0.892 bits per heavy atom. The lowest BCUT2D eigenvalue weighted by atomic mass is 10.0. The summed E-state index contributed by atoms with van der Waals surface area (Å²) in [6.07, 6.45) is 54.6. The van der Waals surface area contributed by atoms with Gasteiger partial charge in [-0.2, -0.15) is 0 Å². The quantitative estimate of drug-likeness (QED) is 0.0199. The number of phosphoric acid groups is 1. The van der Waals surface area contributed by atoms with E-state index in [0.29, 0.717) is 12.8 Å². The van der Waals surface area contributed by atoms with Crippen molar-refractivity contribution in [3.63, 3.8) is 0 Å². The predicted molar refractivity (Wildman–Crippen MR) is 268 cm³/mol. The van der Waals surface area contributed by atoms with Gasteiger partial charge in [0, 0.05) is 12.8 Å². The van der Waals surface area contributed by atoms with Crippen molar-refractivity contribution in [1.29, 1.82) is 0 Å². The number of hydrogen-bond acceptors (Lipinski definition) is 8. The Hall–Kier alpha value is -2.30. The fraction of sp³-hybridized carbons (Fsp3) is 0.830. The van der Waals surface area contributed by atoms with Crippen LogP contribution >= 0.6 is 7.82 Å². The van der Waals surface area contributed by atoms with Crippen molar-refractivity contribution in [1.82, 2.24) is 5.32 Å². The van der Waals surface area contributed by atoms with Gasteiger partial charge in [-0.1, -0.05) is 230 Å². The van der Waals surface area contributed by atoms with Gasteiger partial charge in [0.2, 0.25) is 5.91 Å². The molecule has 0 aromatic rings. The predicted octanol–water partition coefficient (Wildman–Crippen LogP) is 14.7. The Morgan fingerprint density at radius 1 is 0.508 bits per heavy atom. The zero-order chi connectivity index (χ0) is 47.7. The number of aliphatic hydroxyl groups excluding tert-OH is 1. The second kappa shape index (κ2) is 48.2. The number of aliphatic carboxylic acids is 1. The average molecular weight is 940 g/mol. The Kier molecular flexibility index (Phi) is 46.5. The minimum atomic E-state index is -4.76. The van der Waals surface area contributed by atoms with Gasteiger partial charge >= 0.3 is 19.8 Å². The number of esters is 1. The van der Waals surface area contributed by atoms with Crippen LogP contribution in [0.5, 0.6) is 0 Å². The fourth-order valence-electron chi connectivity index (χ4n) is 7.63. The van der Waals surface area contributed by atoms with Crippen LogP contribution in [-0.2, 0) is 32.7 Å². The van der Waals surface area contributed by atoms with E-state index in [-0.39, 0.29) is 12.8 Å². The van der Waals surface area contributed by atoms with Gasteiger partial charge in [-0.25, -0.2) is 9.36 Å². The lowest BCUT2D eigenvalue weighted by Gasteiger charge is -2.18. The van der Waals surface area contributed by atoms with Crippen LogP contribution < -0.4 is 5.32 Å². The highest BCUT2D eigenvalue weighted by Crippen LogP contribution is 2.43. The van der Waals surface area contributed by atoms with Crippen molar-refractivity contribution in [2.24, 2.45) is 0 Å². The number of phosphoric ester groups is 1. The fourth-order valence-corrected chi connectivity index (χ4v) is 8.40. The number of carbonyl (C=O) groups excluding carboxylic acids is 2. The molecule has 0 aromatic heterocycles. The number of carboxylic acids is 1. The molecular weight excluding hydrogens is 842 g/mol. The third-order valence-electron chi connectivity index (χ3n) is 11.7. The summed E-state index contributed by atoms with van der Waals surface area (Å²) in [7, 11) is -4.76. The number of unbranched alkanes of at least 4 members (excludes halogenated alkanes) is 30. The van der Waals surface area contributed by atoms with Gasteiger partial charge in [0.25, 0.3) is 0 Å². The topological polar surface area (TPSA) is 169 Å². The van der Waals surface area contributed by atoms with Crippen molar-refractivity contribution < 1.29 is 47.8 Å². The second-order valence-electron chi connectivity index (χ2n) is 18.0. The summed E-state index contributed by atoms with van der Waals surface area (Å²) in [5.41, 5.74) is 0. The van der Waals surface area contributed by atoms with Crippen LogP contribution in [0.2, 0.25) is 0 Å². The van der Waals surface area contributed by atoms with E-state index in [1.54, 1.807) is 0 Å². The van der Waals surface area contributed by atoms with Gasteiger partial charge in [-0.15, -0.1) is 0 Å². The molecule has 4 N–H and O–H groups in total. The molecule has 0 heterocycles. The summed E-state index contributed by atoms with van der Waals surface area (Å²) in [6.45, 7) is 2.52. The number of allylic oxidation sites excluding steroid dienone is 6. The Morgan fingerprint density at radius 3 is 1.34 bits per heavy atom. The van der Waals surface area contributed by atoms with Crippen LogP contribution in [0.25, 0.3) is 0 Å². The molecular formula is C53H98NO10P. The molecule has 1 amide bonds. The second-order valence-corrected chi connectivity index (χ2v) is 19.5. The van der Waals surface area contributed by atoms with Gasteiger partial charge in [0.1, 0.15) is 12.7 Å². The van der Waals surface area contributed by atoms with Crippen LogP contribution in [0.3, 0.4) is 0 Å². The van der Waals surface area contributed by atoms with Crippen molar-refractivity contribution in [3.8, 4) is 0 Å². The lowest BCUT2D eigenvalue weighted by molar-refractivity contribution is -0.147. The first kappa shape index (κ1) is 62.7. The summed E-state index contributed by atoms with van der Waals surface area (Å²) in [5, 5.41) is 21.9. The Balaban J connectivity index is 3.78. The van der Waals surface area contributed by atoms with Crippen LogP contribution in [-0.4, -0.2) is 64.9 Å². The maximum Gasteiger partial charge on any atom is 0.472 e. The van der Waals surface area contributed by atoms with Gasteiger partial charge in [0.15, 0.2) is 6.04 Å². The van der Waals surface area contributed by atoms with E-state index in [4.69, 9.17) is 13.8 Å². The van der Waals surface area contributed by atoms with Crippen LogP contribution in [0.1, 0.15) is 251 Å². The molecule has 0 aliphatic carbocycles. The number of carbonyl (C=O) groups is 3. The SMILES string of the molecule is CC/C=C\C/C=C\C/C=C\CCCCCCCCCC(=O)OCC(O)COP(=O)(O)OCC(NC(=O)CCCCCCCCCCCCCCCCCCCCCCCCCC)C(=O)O. The largest absolute Gasteiger partial charge is 0.480 e. The van der Waals surface area contributed by atoms with Gasteiger partial charge in [0.05, 0.1) is 13.2 Å². The van der Waals surface area contributed by atoms with Gasteiger partial charge in [-0.05, 0) is 44.9 Å². The van der Waals surface area contributed by atoms with E-state index in [9.17, 15) is 34.1 Å². The molecule has 0 bridgehead atoms. The van der Waals surface area contributed by atoms with Crippen molar-refractivity contribution in [3.05, 3.63) is 36.5 Å². The van der Waals surface area contributed by atoms with E-state index < -0.39 is 57.6 Å². The molecule has 380 valence electrons. The van der Waals surface area contributed by atoms with Gasteiger partial charge < -0.3 is 25.2 Å². The smallest absolute Gasteiger partial charge is 0.472 e. The Bertz CT molecular complexity index is 1240. The number of amides is 1. The number of nitrogens with one attached hydrogen (secondary N) is 1. The van der Waals surface area contributed by atoms with E-state index in [0.717, 1.165) is 70.6 Å².